The summed E-state index contributed by atoms with van der Waals surface area (Å²) in [5, 5.41) is 22.9. The van der Waals surface area contributed by atoms with Crippen molar-refractivity contribution in [1.82, 2.24) is 15.5 Å². The highest BCUT2D eigenvalue weighted by Gasteiger charge is 2.37. The summed E-state index contributed by atoms with van der Waals surface area (Å²) in [5.74, 6) is -4.17. The lowest BCUT2D eigenvalue weighted by Crippen LogP contribution is -2.56. The van der Waals surface area contributed by atoms with Gasteiger partial charge in [-0.3, -0.25) is 19.2 Å². The largest absolute Gasteiger partial charge is 0.481 e. The van der Waals surface area contributed by atoms with E-state index in [1.165, 1.54) is 4.90 Å². The second kappa shape index (κ2) is 13.9. The van der Waals surface area contributed by atoms with E-state index in [2.05, 4.69) is 23.3 Å². The van der Waals surface area contributed by atoms with Gasteiger partial charge in [0.05, 0.1) is 6.04 Å². The molecule has 0 aromatic carbocycles. The number of carbonyl (C=O) groups is 5. The smallest absolute Gasteiger partial charge is 0.327 e. The first kappa shape index (κ1) is 27.7. The first-order chi connectivity index (χ1) is 15.1. The maximum absolute atomic E-state index is 12.9. The molecule has 1 aliphatic rings. The molecule has 32 heavy (non-hydrogen) atoms. The van der Waals surface area contributed by atoms with E-state index >= 15 is 0 Å². The molecular weight excluding hydrogens is 442 g/mol. The Morgan fingerprint density at radius 1 is 1.06 bits per heavy atom. The molecule has 0 bridgehead atoms. The molecule has 1 saturated heterocycles. The van der Waals surface area contributed by atoms with Gasteiger partial charge in [0, 0.05) is 18.7 Å². The van der Waals surface area contributed by atoms with Crippen molar-refractivity contribution < 1.29 is 34.2 Å². The zero-order valence-corrected chi connectivity index (χ0v) is 18.8. The molecule has 1 rings (SSSR count). The van der Waals surface area contributed by atoms with E-state index in [4.69, 9.17) is 21.7 Å². The van der Waals surface area contributed by atoms with Gasteiger partial charge in [-0.25, -0.2) is 4.79 Å². The van der Waals surface area contributed by atoms with E-state index in [1.54, 1.807) is 0 Å². The van der Waals surface area contributed by atoms with E-state index in [1.807, 2.05) is 0 Å². The number of nitrogens with zero attached hydrogens (tertiary/aromatic N) is 1. The predicted octanol–water partition coefficient (Wildman–Crippen LogP) is -1.72. The lowest BCUT2D eigenvalue weighted by atomic mass is 10.1. The molecule has 4 unspecified atom stereocenters. The summed E-state index contributed by atoms with van der Waals surface area (Å²) in [4.78, 5) is 61.4. The second-order valence-corrected chi connectivity index (χ2v) is 8.02. The van der Waals surface area contributed by atoms with Crippen LogP contribution in [-0.4, -0.2) is 87.8 Å². The van der Waals surface area contributed by atoms with Crippen molar-refractivity contribution in [3.05, 3.63) is 0 Å². The number of hydrogen-bond acceptors (Lipinski definition) is 8. The van der Waals surface area contributed by atoms with Gasteiger partial charge >= 0.3 is 11.9 Å². The van der Waals surface area contributed by atoms with Crippen molar-refractivity contribution in [2.75, 3.05) is 18.8 Å². The lowest BCUT2D eigenvalue weighted by molar-refractivity contribution is -0.143. The molecule has 3 amide bonds. The summed E-state index contributed by atoms with van der Waals surface area (Å²) in [6, 6.07) is -4.11. The Morgan fingerprint density at radius 2 is 1.75 bits per heavy atom. The molecule has 0 radical (unpaired) electrons. The average Bonchev–Trinajstić information content (AvgIpc) is 3.24. The number of nitrogens with one attached hydrogen (secondary N) is 2. The molecule has 1 aliphatic heterocycles. The number of carboxylic acid groups (broad SMARTS) is 2. The molecule has 0 aliphatic carbocycles. The Balaban J connectivity index is 2.85. The number of likely N-dealkylation sites (tertiary alicyclic amines) is 1. The Kier molecular flexibility index (Phi) is 12.0. The van der Waals surface area contributed by atoms with Crippen LogP contribution in [0.25, 0.3) is 0 Å². The third kappa shape index (κ3) is 8.63. The molecule has 13 heteroatoms. The Morgan fingerprint density at radius 3 is 2.31 bits per heavy atom. The van der Waals surface area contributed by atoms with Gasteiger partial charge in [-0.15, -0.1) is 0 Å². The molecule has 0 spiro atoms. The number of carboxylic acids is 2. The fourth-order valence-corrected chi connectivity index (χ4v) is 3.65. The zero-order chi connectivity index (χ0) is 24.3. The number of carbonyl (C=O) groups excluding carboxylic acids is 3. The van der Waals surface area contributed by atoms with E-state index in [0.717, 1.165) is 0 Å². The topological polar surface area (TPSA) is 205 Å². The average molecular weight is 476 g/mol. The Hall–Kier alpha value is -2.38. The Bertz CT molecular complexity index is 693. The summed E-state index contributed by atoms with van der Waals surface area (Å²) in [6.45, 7) is 0.693. The highest BCUT2D eigenvalue weighted by atomic mass is 32.1. The van der Waals surface area contributed by atoms with Crippen LogP contribution >= 0.6 is 12.6 Å². The van der Waals surface area contributed by atoms with Gasteiger partial charge in [-0.2, -0.15) is 12.6 Å². The number of nitrogens with two attached hydrogens (primary N) is 2. The van der Waals surface area contributed by atoms with E-state index in [9.17, 15) is 24.0 Å². The molecule has 1 fully saturated rings. The van der Waals surface area contributed by atoms with Crippen molar-refractivity contribution in [3.63, 3.8) is 0 Å². The number of hydrogen-bond donors (Lipinski definition) is 7. The Labute approximate surface area is 191 Å². The highest BCUT2D eigenvalue weighted by molar-refractivity contribution is 7.80. The quantitative estimate of drug-likeness (QED) is 0.113. The molecule has 182 valence electrons. The minimum atomic E-state index is -1.25. The summed E-state index contributed by atoms with van der Waals surface area (Å²) >= 11 is 3.92. The molecule has 0 aromatic rings. The first-order valence-electron chi connectivity index (χ1n) is 10.5. The zero-order valence-electron chi connectivity index (χ0n) is 17.9. The van der Waals surface area contributed by atoms with E-state index in [0.29, 0.717) is 38.8 Å². The van der Waals surface area contributed by atoms with E-state index in [-0.39, 0.29) is 25.0 Å². The van der Waals surface area contributed by atoms with Gasteiger partial charge in [0.15, 0.2) is 0 Å². The fourth-order valence-electron chi connectivity index (χ4n) is 3.41. The van der Waals surface area contributed by atoms with Crippen molar-refractivity contribution in [2.24, 2.45) is 11.5 Å². The molecule has 0 aromatic heterocycles. The van der Waals surface area contributed by atoms with Crippen LogP contribution in [0.15, 0.2) is 0 Å². The number of aliphatic carboxylic acids is 2. The van der Waals surface area contributed by atoms with E-state index < -0.39 is 53.8 Å². The molecule has 0 saturated carbocycles. The standard InChI is InChI=1S/C19H33N5O7S/c20-8-2-1-4-12(16(27)23-13(10-32)19(30)31)22-17(28)14-5-3-9-24(14)18(29)11(21)6-7-15(25)26/h11-14,32H,1-10,20-21H2,(H,22,28)(H,23,27)(H,25,26)(H,30,31). The number of unbranched alkanes of at least 4 members (excludes halogenated alkanes) is 1. The van der Waals surface area contributed by atoms with Gasteiger partial charge in [-0.1, -0.05) is 0 Å². The van der Waals surface area contributed by atoms with Crippen LogP contribution in [0.5, 0.6) is 0 Å². The van der Waals surface area contributed by atoms with Crippen LogP contribution in [-0.2, 0) is 24.0 Å². The van der Waals surface area contributed by atoms with Crippen LogP contribution < -0.4 is 22.1 Å². The minimum absolute atomic E-state index is 0.0522. The number of thiol groups is 1. The maximum Gasteiger partial charge on any atom is 0.327 e. The number of rotatable bonds is 14. The van der Waals surface area contributed by atoms with Crippen molar-refractivity contribution in [3.8, 4) is 0 Å². The monoisotopic (exact) mass is 475 g/mol. The van der Waals surface area contributed by atoms with Gasteiger partial charge in [0.25, 0.3) is 0 Å². The summed E-state index contributed by atoms with van der Waals surface area (Å²) in [5.41, 5.74) is 11.3. The highest BCUT2D eigenvalue weighted by Crippen LogP contribution is 2.19. The second-order valence-electron chi connectivity index (χ2n) is 7.66. The SMILES string of the molecule is NCCCCC(NC(=O)C1CCCN1C(=O)C(N)CCC(=O)O)C(=O)NC(CS)C(=O)O. The fraction of sp³-hybridized carbons (Fsp3) is 0.737. The van der Waals surface area contributed by atoms with Gasteiger partial charge < -0.3 is 37.2 Å². The van der Waals surface area contributed by atoms with Crippen LogP contribution in [0.3, 0.4) is 0 Å². The maximum atomic E-state index is 12.9. The lowest BCUT2D eigenvalue weighted by Gasteiger charge is -2.28. The minimum Gasteiger partial charge on any atom is -0.481 e. The van der Waals surface area contributed by atoms with Gasteiger partial charge in [0.2, 0.25) is 17.7 Å². The van der Waals surface area contributed by atoms with Crippen LogP contribution in [0, 0.1) is 0 Å². The summed E-state index contributed by atoms with van der Waals surface area (Å²) < 4.78 is 0. The van der Waals surface area contributed by atoms with Crippen LogP contribution in [0.1, 0.15) is 44.9 Å². The van der Waals surface area contributed by atoms with Crippen molar-refractivity contribution in [1.29, 1.82) is 0 Å². The number of amides is 3. The van der Waals surface area contributed by atoms with Crippen LogP contribution in [0.4, 0.5) is 0 Å². The van der Waals surface area contributed by atoms with Gasteiger partial charge in [-0.05, 0) is 45.1 Å². The molecular formula is C19H33N5O7S. The third-order valence-electron chi connectivity index (χ3n) is 5.20. The molecule has 8 N–H and O–H groups in total. The van der Waals surface area contributed by atoms with Crippen LogP contribution in [0.2, 0.25) is 0 Å². The normalized spacial score (nSPS) is 18.5. The first-order valence-corrected chi connectivity index (χ1v) is 11.2. The van der Waals surface area contributed by atoms with Gasteiger partial charge in [0.1, 0.15) is 18.1 Å². The summed E-state index contributed by atoms with van der Waals surface area (Å²) in [6.07, 6.45) is 1.99. The molecule has 12 nitrogen and oxygen atoms in total. The van der Waals surface area contributed by atoms with Crippen molar-refractivity contribution in [2.45, 2.75) is 69.1 Å². The summed E-state index contributed by atoms with van der Waals surface area (Å²) in [7, 11) is 0. The molecule has 4 atom stereocenters. The van der Waals surface area contributed by atoms with Crippen molar-refractivity contribution >= 4 is 42.3 Å². The predicted molar refractivity (Wildman–Crippen MR) is 118 cm³/mol. The third-order valence-corrected chi connectivity index (χ3v) is 5.57. The molecule has 1 heterocycles.